The van der Waals surface area contributed by atoms with Gasteiger partial charge in [-0.1, -0.05) is 0 Å². The summed E-state index contributed by atoms with van der Waals surface area (Å²) in [5.74, 6) is -0.100. The third-order valence-electron chi connectivity index (χ3n) is 2.48. The lowest BCUT2D eigenvalue weighted by molar-refractivity contribution is -0.114. The minimum Gasteiger partial charge on any atom is -0.324 e. The van der Waals surface area contributed by atoms with E-state index in [0.717, 1.165) is 35.8 Å². The van der Waals surface area contributed by atoms with Gasteiger partial charge in [0.05, 0.1) is 24.5 Å². The number of thiophene rings is 1. The molecule has 0 atom stereocenters. The number of nitrogens with one attached hydrogen (secondary N) is 1. The zero-order valence-electron chi connectivity index (χ0n) is 10.7. The van der Waals surface area contributed by atoms with Crippen LogP contribution in [0.1, 0.15) is 18.2 Å². The van der Waals surface area contributed by atoms with Crippen molar-refractivity contribution < 1.29 is 4.79 Å². The molecule has 0 radical (unpaired) electrons. The molecule has 6 heteroatoms. The second-order valence-electron chi connectivity index (χ2n) is 4.25. The van der Waals surface area contributed by atoms with Gasteiger partial charge in [-0.05, 0) is 63.4 Å². The number of amides is 1. The molecule has 2 aromatic rings. The number of aromatic nitrogens is 1. The first-order chi connectivity index (χ1) is 8.88. The Hall–Kier alpha value is -0.720. The van der Waals surface area contributed by atoms with E-state index in [1.807, 2.05) is 26.0 Å². The zero-order valence-corrected chi connectivity index (χ0v) is 14.7. The molecule has 0 aliphatic rings. The van der Waals surface area contributed by atoms with Gasteiger partial charge in [-0.25, -0.2) is 0 Å². The molecule has 3 nitrogen and oxygen atoms in total. The fraction of sp³-hybridized carbons (Fsp3) is 0.231. The monoisotopic (exact) mass is 402 g/mol. The lowest BCUT2D eigenvalue weighted by Crippen LogP contribution is -2.06. The van der Waals surface area contributed by atoms with Crippen LogP contribution < -0.4 is 5.32 Å². The second kappa shape index (κ2) is 5.73. The lowest BCUT2D eigenvalue weighted by Gasteiger charge is -2.08. The smallest absolute Gasteiger partial charge is 0.221 e. The van der Waals surface area contributed by atoms with Gasteiger partial charge in [-0.15, -0.1) is 11.3 Å². The van der Waals surface area contributed by atoms with Crippen molar-refractivity contribution >= 4 is 54.8 Å². The molecule has 2 rings (SSSR count). The Morgan fingerprint density at radius 3 is 2.53 bits per heavy atom. The van der Waals surface area contributed by atoms with Crippen molar-refractivity contribution in [3.8, 4) is 11.3 Å². The fourth-order valence-electron chi connectivity index (χ4n) is 1.86. The summed E-state index contributed by atoms with van der Waals surface area (Å²) < 4.78 is 1.83. The molecular formula is C13H12Br2N2OS. The SMILES string of the molecule is CC(=O)Nc1c(Br)sc(Br)c1-c1cc(C)cc(C)n1. The summed E-state index contributed by atoms with van der Waals surface area (Å²) >= 11 is 8.54. The Kier molecular flexibility index (Phi) is 4.43. The lowest BCUT2D eigenvalue weighted by atomic mass is 10.1. The van der Waals surface area contributed by atoms with E-state index < -0.39 is 0 Å². The Bertz CT molecular complexity index is 632. The molecule has 0 saturated heterocycles. The largest absolute Gasteiger partial charge is 0.324 e. The molecule has 0 unspecified atom stereocenters. The molecule has 19 heavy (non-hydrogen) atoms. The molecule has 1 amide bonds. The molecule has 0 bridgehead atoms. The molecule has 100 valence electrons. The average Bonchev–Trinajstić information content (AvgIpc) is 2.51. The third-order valence-corrected chi connectivity index (χ3v) is 5.01. The van der Waals surface area contributed by atoms with Gasteiger partial charge in [0.25, 0.3) is 0 Å². The predicted octanol–water partition coefficient (Wildman–Crippen LogP) is 4.91. The van der Waals surface area contributed by atoms with E-state index in [1.165, 1.54) is 18.3 Å². The number of aryl methyl sites for hydroxylation is 2. The zero-order chi connectivity index (χ0) is 14.2. The summed E-state index contributed by atoms with van der Waals surface area (Å²) in [6.45, 7) is 5.49. The van der Waals surface area contributed by atoms with Crippen LogP contribution in [0.15, 0.2) is 19.7 Å². The van der Waals surface area contributed by atoms with Gasteiger partial charge in [-0.3, -0.25) is 9.78 Å². The van der Waals surface area contributed by atoms with Gasteiger partial charge >= 0.3 is 0 Å². The van der Waals surface area contributed by atoms with Gasteiger partial charge in [0.1, 0.15) is 0 Å². The third kappa shape index (κ3) is 3.24. The molecule has 0 aliphatic carbocycles. The number of rotatable bonds is 2. The van der Waals surface area contributed by atoms with E-state index in [1.54, 1.807) is 0 Å². The summed E-state index contributed by atoms with van der Waals surface area (Å²) in [5.41, 5.74) is 4.64. The van der Waals surface area contributed by atoms with Crippen LogP contribution in [0.3, 0.4) is 0 Å². The maximum Gasteiger partial charge on any atom is 0.221 e. The summed E-state index contributed by atoms with van der Waals surface area (Å²) in [6, 6.07) is 4.04. The average molecular weight is 404 g/mol. The van der Waals surface area contributed by atoms with Crippen LogP contribution in [0.4, 0.5) is 5.69 Å². The summed E-state index contributed by atoms with van der Waals surface area (Å²) in [6.07, 6.45) is 0. The highest BCUT2D eigenvalue weighted by Gasteiger charge is 2.19. The number of hydrogen-bond acceptors (Lipinski definition) is 3. The van der Waals surface area contributed by atoms with Gasteiger partial charge in [-0.2, -0.15) is 0 Å². The Balaban J connectivity index is 2.63. The molecule has 0 aliphatic heterocycles. The minimum atomic E-state index is -0.100. The number of pyridine rings is 1. The van der Waals surface area contributed by atoms with Crippen molar-refractivity contribution in [2.24, 2.45) is 0 Å². The van der Waals surface area contributed by atoms with E-state index in [-0.39, 0.29) is 5.91 Å². The number of halogens is 2. The first-order valence-corrected chi connectivity index (χ1v) is 7.99. The predicted molar refractivity (Wildman–Crippen MR) is 86.7 cm³/mol. The Morgan fingerprint density at radius 2 is 1.95 bits per heavy atom. The standard InChI is InChI=1S/C13H12Br2N2OS/c1-6-4-7(2)16-9(5-6)10-11(17-8(3)18)13(15)19-12(10)14/h4-5H,1-3H3,(H,17,18). The number of carbonyl (C=O) groups is 1. The minimum absolute atomic E-state index is 0.100. The highest BCUT2D eigenvalue weighted by molar-refractivity contribution is 9.12. The molecule has 0 aromatic carbocycles. The van der Waals surface area contributed by atoms with Crippen LogP contribution in [0.5, 0.6) is 0 Å². The number of hydrogen-bond donors (Lipinski definition) is 1. The molecule has 0 saturated carbocycles. The van der Waals surface area contributed by atoms with Crippen LogP contribution in [-0.4, -0.2) is 10.9 Å². The van der Waals surface area contributed by atoms with Gasteiger partial charge in [0.15, 0.2) is 0 Å². The maximum absolute atomic E-state index is 11.3. The van der Waals surface area contributed by atoms with Crippen molar-refractivity contribution in [2.75, 3.05) is 5.32 Å². The van der Waals surface area contributed by atoms with Crippen LogP contribution in [0.25, 0.3) is 11.3 Å². The summed E-state index contributed by atoms with van der Waals surface area (Å²) in [7, 11) is 0. The highest BCUT2D eigenvalue weighted by atomic mass is 79.9. The normalized spacial score (nSPS) is 10.6. The van der Waals surface area contributed by atoms with Gasteiger partial charge in [0, 0.05) is 12.6 Å². The van der Waals surface area contributed by atoms with E-state index in [4.69, 9.17) is 0 Å². The topological polar surface area (TPSA) is 42.0 Å². The quantitative estimate of drug-likeness (QED) is 0.773. The molecule has 2 aromatic heterocycles. The number of carbonyl (C=O) groups excluding carboxylic acids is 1. The van der Waals surface area contributed by atoms with E-state index in [0.29, 0.717) is 0 Å². The fourth-order valence-corrected chi connectivity index (χ4v) is 4.91. The van der Waals surface area contributed by atoms with Crippen molar-refractivity contribution in [1.82, 2.24) is 4.98 Å². The van der Waals surface area contributed by atoms with Crippen LogP contribution in [0, 0.1) is 13.8 Å². The first kappa shape index (κ1) is 14.7. The molecular weight excluding hydrogens is 392 g/mol. The number of anilines is 1. The van der Waals surface area contributed by atoms with Gasteiger partial charge < -0.3 is 5.32 Å². The van der Waals surface area contributed by atoms with Crippen molar-refractivity contribution in [2.45, 2.75) is 20.8 Å². The van der Waals surface area contributed by atoms with E-state index in [2.05, 4.69) is 42.2 Å². The van der Waals surface area contributed by atoms with Crippen molar-refractivity contribution in [3.05, 3.63) is 31.0 Å². The van der Waals surface area contributed by atoms with Crippen LogP contribution in [-0.2, 0) is 4.79 Å². The molecule has 2 heterocycles. The Morgan fingerprint density at radius 1 is 1.26 bits per heavy atom. The van der Waals surface area contributed by atoms with Crippen LogP contribution >= 0.6 is 43.2 Å². The summed E-state index contributed by atoms with van der Waals surface area (Å²) in [5, 5.41) is 2.85. The molecule has 0 spiro atoms. The van der Waals surface area contributed by atoms with E-state index in [9.17, 15) is 4.79 Å². The first-order valence-electron chi connectivity index (χ1n) is 5.59. The van der Waals surface area contributed by atoms with E-state index >= 15 is 0 Å². The molecule has 0 fully saturated rings. The Labute approximate surface area is 132 Å². The summed E-state index contributed by atoms with van der Waals surface area (Å²) in [4.78, 5) is 15.9. The van der Waals surface area contributed by atoms with Crippen molar-refractivity contribution in [3.63, 3.8) is 0 Å². The second-order valence-corrected chi connectivity index (χ2v) is 7.91. The van der Waals surface area contributed by atoms with Crippen LogP contribution in [0.2, 0.25) is 0 Å². The van der Waals surface area contributed by atoms with Crippen molar-refractivity contribution in [1.29, 1.82) is 0 Å². The highest BCUT2D eigenvalue weighted by Crippen LogP contribution is 2.46. The maximum atomic E-state index is 11.3. The number of nitrogens with zero attached hydrogens (tertiary/aromatic N) is 1. The van der Waals surface area contributed by atoms with Gasteiger partial charge in [0.2, 0.25) is 5.91 Å². The molecule has 1 N–H and O–H groups in total.